The normalized spacial score (nSPS) is 16.6. The van der Waals surface area contributed by atoms with Crippen LogP contribution in [-0.4, -0.2) is 35.2 Å². The van der Waals surface area contributed by atoms with Crippen LogP contribution in [0.1, 0.15) is 17.2 Å². The molecule has 23 heavy (non-hydrogen) atoms. The van der Waals surface area contributed by atoms with E-state index in [1.807, 2.05) is 35.2 Å². The van der Waals surface area contributed by atoms with Crippen LogP contribution in [0.3, 0.4) is 0 Å². The summed E-state index contributed by atoms with van der Waals surface area (Å²) in [4.78, 5) is 13.4. The second kappa shape index (κ2) is 6.38. The van der Waals surface area contributed by atoms with Crippen molar-refractivity contribution in [3.63, 3.8) is 0 Å². The molecule has 1 atom stereocenters. The van der Waals surface area contributed by atoms with Gasteiger partial charge in [-0.3, -0.25) is 9.69 Å². The van der Waals surface area contributed by atoms with Gasteiger partial charge in [0.2, 0.25) is 0 Å². The summed E-state index contributed by atoms with van der Waals surface area (Å²) in [5, 5.41) is 9.52. The number of halogens is 1. The minimum absolute atomic E-state index is 0.0270. The lowest BCUT2D eigenvalue weighted by Crippen LogP contribution is -2.56. The van der Waals surface area contributed by atoms with Crippen molar-refractivity contribution in [2.75, 3.05) is 13.1 Å². The highest BCUT2D eigenvalue weighted by Crippen LogP contribution is 2.29. The molecule has 3 rings (SSSR count). The topological polar surface area (TPSA) is 49.8 Å². The van der Waals surface area contributed by atoms with Crippen molar-refractivity contribution in [2.24, 2.45) is 0 Å². The van der Waals surface area contributed by atoms with E-state index < -0.39 is 12.0 Å². The molecule has 5 heteroatoms. The Morgan fingerprint density at radius 1 is 1.26 bits per heavy atom. The molecule has 2 aromatic carbocycles. The lowest BCUT2D eigenvalue weighted by atomic mass is 9.98. The molecule has 0 aromatic heterocycles. The number of rotatable bonds is 5. The highest BCUT2D eigenvalue weighted by atomic mass is 19.1. The van der Waals surface area contributed by atoms with Gasteiger partial charge < -0.3 is 9.84 Å². The summed E-state index contributed by atoms with van der Waals surface area (Å²) >= 11 is 0. The number of carboxylic acids is 1. The zero-order valence-corrected chi connectivity index (χ0v) is 12.8. The molecule has 0 spiro atoms. The lowest BCUT2D eigenvalue weighted by Gasteiger charge is -2.42. The number of carboxylic acid groups (broad SMARTS) is 1. The van der Waals surface area contributed by atoms with Crippen molar-refractivity contribution in [3.8, 4) is 5.75 Å². The molecule has 0 bridgehead atoms. The maximum atomic E-state index is 13.4. The minimum Gasteiger partial charge on any atom is -0.488 e. The van der Waals surface area contributed by atoms with E-state index in [2.05, 4.69) is 0 Å². The van der Waals surface area contributed by atoms with Gasteiger partial charge in [-0.05, 0) is 36.2 Å². The summed E-state index contributed by atoms with van der Waals surface area (Å²) in [6, 6.07) is 13.1. The summed E-state index contributed by atoms with van der Waals surface area (Å²) in [5.41, 5.74) is 1.04. The third-order valence-corrected chi connectivity index (χ3v) is 4.02. The first-order chi connectivity index (χ1) is 11.0. The summed E-state index contributed by atoms with van der Waals surface area (Å²) < 4.78 is 19.2. The van der Waals surface area contributed by atoms with Crippen LogP contribution in [0.5, 0.6) is 5.75 Å². The molecule has 1 aliphatic rings. The molecule has 1 fully saturated rings. The first kappa shape index (κ1) is 15.5. The second-order valence-electron chi connectivity index (χ2n) is 5.76. The number of carbonyl (C=O) groups is 1. The van der Waals surface area contributed by atoms with E-state index in [1.54, 1.807) is 13.0 Å². The maximum absolute atomic E-state index is 13.4. The van der Waals surface area contributed by atoms with Crippen LogP contribution in [-0.2, 0) is 4.79 Å². The largest absolute Gasteiger partial charge is 0.488 e. The van der Waals surface area contributed by atoms with Crippen LogP contribution in [0.2, 0.25) is 0 Å². The average Bonchev–Trinajstić information content (AvgIpc) is 2.49. The fraction of sp³-hybridized carbons (Fsp3) is 0.278. The van der Waals surface area contributed by atoms with Crippen LogP contribution in [0.15, 0.2) is 48.5 Å². The Labute approximate surface area is 134 Å². The quantitative estimate of drug-likeness (QED) is 0.921. The Hall–Kier alpha value is -2.40. The third kappa shape index (κ3) is 3.35. The van der Waals surface area contributed by atoms with Gasteiger partial charge in [-0.2, -0.15) is 0 Å². The third-order valence-electron chi connectivity index (χ3n) is 4.02. The van der Waals surface area contributed by atoms with Crippen LogP contribution in [0.25, 0.3) is 0 Å². The average molecular weight is 315 g/mol. The molecule has 4 nitrogen and oxygen atoms in total. The molecule has 1 saturated heterocycles. The minimum atomic E-state index is -0.936. The van der Waals surface area contributed by atoms with E-state index >= 15 is 0 Å². The summed E-state index contributed by atoms with van der Waals surface area (Å²) in [5.74, 6) is -0.484. The van der Waals surface area contributed by atoms with Crippen LogP contribution in [0, 0.1) is 12.7 Å². The number of aryl methyl sites for hydroxylation is 1. The maximum Gasteiger partial charge on any atom is 0.325 e. The molecular weight excluding hydrogens is 297 g/mol. The number of likely N-dealkylation sites (tertiary alicyclic amines) is 1. The van der Waals surface area contributed by atoms with Gasteiger partial charge in [0.1, 0.15) is 23.7 Å². The van der Waals surface area contributed by atoms with E-state index in [9.17, 15) is 14.3 Å². The molecular formula is C18H18FNO3. The number of benzene rings is 2. The standard InChI is InChI=1S/C18H18FNO3/c1-12-9-13(7-8-16(12)19)17(18(21)22)20-10-15(11-20)23-14-5-3-2-4-6-14/h2-9,15,17H,10-11H2,1H3,(H,21,22). The van der Waals surface area contributed by atoms with Crippen molar-refractivity contribution in [1.82, 2.24) is 4.90 Å². The molecule has 1 unspecified atom stereocenters. The Morgan fingerprint density at radius 3 is 2.57 bits per heavy atom. The predicted molar refractivity (Wildman–Crippen MR) is 83.9 cm³/mol. The fourth-order valence-electron chi connectivity index (χ4n) is 2.79. The number of hydrogen-bond acceptors (Lipinski definition) is 3. The molecule has 0 amide bonds. The van der Waals surface area contributed by atoms with Crippen molar-refractivity contribution in [1.29, 1.82) is 0 Å². The van der Waals surface area contributed by atoms with Gasteiger partial charge in [-0.15, -0.1) is 0 Å². The van der Waals surface area contributed by atoms with Gasteiger partial charge in [-0.25, -0.2) is 4.39 Å². The number of ether oxygens (including phenoxy) is 1. The highest BCUT2D eigenvalue weighted by Gasteiger charge is 2.38. The number of hydrogen-bond donors (Lipinski definition) is 1. The van der Waals surface area contributed by atoms with Crippen LogP contribution < -0.4 is 4.74 Å². The Morgan fingerprint density at radius 2 is 1.96 bits per heavy atom. The first-order valence-corrected chi connectivity index (χ1v) is 7.49. The Balaban J connectivity index is 1.67. The van der Waals surface area contributed by atoms with Crippen molar-refractivity contribution < 1.29 is 19.0 Å². The van der Waals surface area contributed by atoms with E-state index in [0.29, 0.717) is 24.2 Å². The summed E-state index contributed by atoms with van der Waals surface area (Å²) in [6.45, 7) is 2.69. The molecule has 1 aliphatic heterocycles. The van der Waals surface area contributed by atoms with Crippen LogP contribution >= 0.6 is 0 Å². The number of nitrogens with zero attached hydrogens (tertiary/aromatic N) is 1. The van der Waals surface area contributed by atoms with Crippen molar-refractivity contribution >= 4 is 5.97 Å². The first-order valence-electron chi connectivity index (χ1n) is 7.49. The Bertz CT molecular complexity index is 699. The predicted octanol–water partition coefficient (Wildman–Crippen LogP) is 3.02. The number of para-hydroxylation sites is 1. The van der Waals surface area contributed by atoms with Crippen molar-refractivity contribution in [3.05, 3.63) is 65.5 Å². The molecule has 0 radical (unpaired) electrons. The van der Waals surface area contributed by atoms with Gasteiger partial charge in [0.25, 0.3) is 0 Å². The van der Waals surface area contributed by atoms with Gasteiger partial charge in [0.05, 0.1) is 0 Å². The Kier molecular flexibility index (Phi) is 4.30. The zero-order chi connectivity index (χ0) is 16.4. The zero-order valence-electron chi connectivity index (χ0n) is 12.8. The smallest absolute Gasteiger partial charge is 0.325 e. The second-order valence-corrected chi connectivity index (χ2v) is 5.76. The molecule has 1 heterocycles. The SMILES string of the molecule is Cc1cc(C(C(=O)O)N2CC(Oc3ccccc3)C2)ccc1F. The highest BCUT2D eigenvalue weighted by molar-refractivity contribution is 5.75. The molecule has 1 N–H and O–H groups in total. The van der Waals surface area contributed by atoms with E-state index in [-0.39, 0.29) is 11.9 Å². The van der Waals surface area contributed by atoms with Crippen LogP contribution in [0.4, 0.5) is 4.39 Å². The van der Waals surface area contributed by atoms with Crippen molar-refractivity contribution in [2.45, 2.75) is 19.1 Å². The van der Waals surface area contributed by atoms with E-state index in [0.717, 1.165) is 5.75 Å². The molecule has 120 valence electrons. The van der Waals surface area contributed by atoms with E-state index in [1.165, 1.54) is 12.1 Å². The van der Waals surface area contributed by atoms with Gasteiger partial charge in [0, 0.05) is 13.1 Å². The van der Waals surface area contributed by atoms with Gasteiger partial charge in [0.15, 0.2) is 0 Å². The molecule has 0 aliphatic carbocycles. The number of aliphatic carboxylic acids is 1. The summed E-state index contributed by atoms with van der Waals surface area (Å²) in [6.07, 6.45) is -0.0270. The van der Waals surface area contributed by atoms with Gasteiger partial charge in [-0.1, -0.05) is 30.3 Å². The molecule has 0 saturated carbocycles. The van der Waals surface area contributed by atoms with Gasteiger partial charge >= 0.3 is 5.97 Å². The lowest BCUT2D eigenvalue weighted by molar-refractivity contribution is -0.147. The summed E-state index contributed by atoms with van der Waals surface area (Å²) in [7, 11) is 0. The molecule has 2 aromatic rings. The van der Waals surface area contributed by atoms with E-state index in [4.69, 9.17) is 4.74 Å². The monoisotopic (exact) mass is 315 g/mol. The fourth-order valence-corrected chi connectivity index (χ4v) is 2.79.